The minimum Gasteiger partial charge on any atom is -0.268 e. The summed E-state index contributed by atoms with van der Waals surface area (Å²) in [6, 6.07) is 29.2. The van der Waals surface area contributed by atoms with Gasteiger partial charge >= 0.3 is 0 Å². The molecule has 0 unspecified atom stereocenters. The fourth-order valence-electron chi connectivity index (χ4n) is 3.64. The summed E-state index contributed by atoms with van der Waals surface area (Å²) in [7, 11) is -4.02. The van der Waals surface area contributed by atoms with Crippen molar-refractivity contribution in [2.75, 3.05) is 14.8 Å². The van der Waals surface area contributed by atoms with Gasteiger partial charge in [0.05, 0.1) is 22.0 Å². The molecule has 0 aliphatic carbocycles. The summed E-state index contributed by atoms with van der Waals surface area (Å²) in [6.45, 7) is 0. The van der Waals surface area contributed by atoms with Crippen molar-refractivity contribution in [3.8, 4) is 11.1 Å². The second-order valence-electron chi connectivity index (χ2n) is 8.07. The van der Waals surface area contributed by atoms with Gasteiger partial charge in [0.25, 0.3) is 15.9 Å². The largest absolute Gasteiger partial charge is 0.277 e. The Morgan fingerprint density at radius 3 is 2.08 bits per heavy atom. The maximum atomic E-state index is 13.1. The van der Waals surface area contributed by atoms with Gasteiger partial charge in [-0.1, -0.05) is 72.0 Å². The molecule has 4 aromatic rings. The molecule has 0 aromatic heterocycles. The minimum absolute atomic E-state index is 0.00444. The van der Waals surface area contributed by atoms with Crippen LogP contribution in [0.3, 0.4) is 0 Å². The molecule has 0 spiro atoms. The lowest BCUT2D eigenvalue weighted by molar-refractivity contribution is -0.114. The molecule has 0 bridgehead atoms. The molecule has 0 saturated heterocycles. The monoisotopic (exact) mass is 527 g/mol. The first-order valence-corrected chi connectivity index (χ1v) is 12.8. The molecule has 0 heterocycles. The van der Waals surface area contributed by atoms with Crippen LogP contribution in [0.1, 0.15) is 5.56 Å². The molecule has 6 N–H and O–H groups in total. The number of para-hydroxylation sites is 2. The average Bonchev–Trinajstić information content (AvgIpc) is 2.96. The number of amides is 1. The van der Waals surface area contributed by atoms with Crippen LogP contribution in [0.5, 0.6) is 0 Å². The number of nitrogens with zero attached hydrogens (tertiary/aromatic N) is 3. The van der Waals surface area contributed by atoms with Crippen molar-refractivity contribution in [2.45, 2.75) is 4.90 Å². The van der Waals surface area contributed by atoms with Crippen LogP contribution in [0.2, 0.25) is 0 Å². The number of anilines is 3. The number of nitrogens with two attached hydrogens (primary N) is 2. The molecule has 0 atom stereocenters. The second-order valence-corrected chi connectivity index (χ2v) is 9.88. The van der Waals surface area contributed by atoms with Crippen molar-refractivity contribution in [1.82, 2.24) is 0 Å². The summed E-state index contributed by atoms with van der Waals surface area (Å²) in [5.74, 6) is 11.4. The topological polar surface area (TPSA) is 158 Å². The lowest BCUT2D eigenvalue weighted by Crippen LogP contribution is -2.37. The summed E-state index contributed by atoms with van der Waals surface area (Å²) in [6.07, 6.45) is 2.76. The van der Waals surface area contributed by atoms with Crippen LogP contribution >= 0.6 is 0 Å². The summed E-state index contributed by atoms with van der Waals surface area (Å²) >= 11 is 0. The molecular formula is C27H25N7O3S. The zero-order valence-corrected chi connectivity index (χ0v) is 20.9. The van der Waals surface area contributed by atoms with Crippen LogP contribution in [0.4, 0.5) is 17.1 Å². The first-order valence-electron chi connectivity index (χ1n) is 11.4. The summed E-state index contributed by atoms with van der Waals surface area (Å²) < 4.78 is 26.9. The van der Waals surface area contributed by atoms with E-state index >= 15 is 0 Å². The van der Waals surface area contributed by atoms with Crippen LogP contribution in [0, 0.1) is 5.53 Å². The van der Waals surface area contributed by atoms with Gasteiger partial charge < -0.3 is 0 Å². The van der Waals surface area contributed by atoms with E-state index in [1.807, 2.05) is 42.5 Å². The molecule has 11 heteroatoms. The van der Waals surface area contributed by atoms with Crippen LogP contribution in [-0.4, -0.2) is 14.3 Å². The smallest absolute Gasteiger partial charge is 0.268 e. The molecule has 10 nitrogen and oxygen atoms in total. The van der Waals surface area contributed by atoms with E-state index in [1.165, 1.54) is 24.3 Å². The standard InChI is InChI=1S/C27H25N7O3S/c28-32-31-25-8-4-5-9-26(25)33(29)27(35)19-12-20-10-17-24(18-11-20)38(36,37)34(30)23-15-13-22(14-16-23)21-6-2-1-3-7-21/h1-19H,29-30H2,(H2,28,31)/b19-12+. The van der Waals surface area contributed by atoms with Crippen molar-refractivity contribution in [3.63, 3.8) is 0 Å². The molecule has 4 rings (SSSR count). The van der Waals surface area contributed by atoms with Crippen LogP contribution in [0.15, 0.2) is 119 Å². The van der Waals surface area contributed by atoms with Crippen molar-refractivity contribution >= 4 is 39.1 Å². The number of sulfonamides is 1. The number of hydrazine groups is 2. The number of nitrogens with one attached hydrogen (secondary N) is 2. The fraction of sp³-hybridized carbons (Fsp3) is 0. The molecule has 1 amide bonds. The zero-order valence-electron chi connectivity index (χ0n) is 20.1. The van der Waals surface area contributed by atoms with Crippen LogP contribution < -0.4 is 26.5 Å². The highest BCUT2D eigenvalue weighted by atomic mass is 32.2. The third-order valence-corrected chi connectivity index (χ3v) is 7.26. The third-order valence-electron chi connectivity index (χ3n) is 5.66. The number of benzene rings is 4. The number of hydrogen-bond acceptors (Lipinski definition) is 7. The van der Waals surface area contributed by atoms with E-state index in [2.05, 4.69) is 10.6 Å². The summed E-state index contributed by atoms with van der Waals surface area (Å²) in [5, 5.41) is 4.02. The third kappa shape index (κ3) is 5.76. The Bertz CT molecular complexity index is 1560. The maximum Gasteiger partial charge on any atom is 0.277 e. The van der Waals surface area contributed by atoms with Crippen LogP contribution in [-0.2, 0) is 14.8 Å². The van der Waals surface area contributed by atoms with Gasteiger partial charge in [-0.05, 0) is 59.2 Å². The predicted octanol–water partition coefficient (Wildman–Crippen LogP) is 4.70. The molecule has 38 heavy (non-hydrogen) atoms. The number of rotatable bonds is 9. The van der Waals surface area contributed by atoms with E-state index < -0.39 is 15.9 Å². The Kier molecular flexibility index (Phi) is 7.92. The Balaban J connectivity index is 1.46. The molecule has 0 aliphatic rings. The molecule has 0 fully saturated rings. The number of carbonyl (C=O) groups is 1. The van der Waals surface area contributed by atoms with E-state index in [0.717, 1.165) is 20.6 Å². The van der Waals surface area contributed by atoms with Gasteiger partial charge in [0.1, 0.15) is 0 Å². The van der Waals surface area contributed by atoms with Gasteiger partial charge in [0.2, 0.25) is 0 Å². The molecule has 0 saturated carbocycles. The van der Waals surface area contributed by atoms with Gasteiger partial charge in [-0.3, -0.25) is 10.2 Å². The zero-order chi connectivity index (χ0) is 27.1. The van der Waals surface area contributed by atoms with E-state index in [-0.39, 0.29) is 4.90 Å². The maximum absolute atomic E-state index is 13.1. The van der Waals surface area contributed by atoms with Gasteiger partial charge in [0.15, 0.2) is 0 Å². The summed E-state index contributed by atoms with van der Waals surface area (Å²) in [5.41, 5.74) is 13.0. The highest BCUT2D eigenvalue weighted by Crippen LogP contribution is 2.26. The number of hydrogen-bond donors (Lipinski definition) is 4. The Hall–Kier alpha value is -4.84. The van der Waals surface area contributed by atoms with E-state index in [1.54, 1.807) is 48.5 Å². The first-order chi connectivity index (χ1) is 18.3. The highest BCUT2D eigenvalue weighted by Gasteiger charge is 2.22. The molecule has 192 valence electrons. The van der Waals surface area contributed by atoms with Gasteiger partial charge in [0, 0.05) is 6.08 Å². The lowest BCUT2D eigenvalue weighted by atomic mass is 10.1. The highest BCUT2D eigenvalue weighted by molar-refractivity contribution is 7.92. The first kappa shape index (κ1) is 26.2. The molecular weight excluding hydrogens is 502 g/mol. The van der Waals surface area contributed by atoms with Crippen molar-refractivity contribution in [3.05, 3.63) is 115 Å². The predicted molar refractivity (Wildman–Crippen MR) is 148 cm³/mol. The number of carbonyl (C=O) groups excluding carboxylic acids is 1. The minimum atomic E-state index is -4.02. The fourth-order valence-corrected chi connectivity index (χ4v) is 4.75. The van der Waals surface area contributed by atoms with Crippen molar-refractivity contribution in [1.29, 1.82) is 5.53 Å². The molecule has 0 aliphatic heterocycles. The lowest BCUT2D eigenvalue weighted by Gasteiger charge is -2.19. The Morgan fingerprint density at radius 2 is 1.42 bits per heavy atom. The Morgan fingerprint density at radius 1 is 0.816 bits per heavy atom. The van der Waals surface area contributed by atoms with Gasteiger partial charge in [-0.25, -0.2) is 21.1 Å². The van der Waals surface area contributed by atoms with E-state index in [0.29, 0.717) is 22.6 Å². The quantitative estimate of drug-likeness (QED) is 0.0812. The Labute approximate surface area is 220 Å². The average molecular weight is 528 g/mol. The van der Waals surface area contributed by atoms with Gasteiger partial charge in [-0.2, -0.15) is 13.9 Å². The summed E-state index contributed by atoms with van der Waals surface area (Å²) in [4.78, 5) is 12.5. The van der Waals surface area contributed by atoms with Gasteiger partial charge in [-0.15, -0.1) is 0 Å². The van der Waals surface area contributed by atoms with E-state index in [9.17, 15) is 13.2 Å². The SMILES string of the molecule is N=NNc1ccccc1N(N)C(=O)/C=C/c1ccc(S(=O)(=O)N(N)c2ccc(-c3ccccc3)cc2)cc1. The van der Waals surface area contributed by atoms with E-state index in [4.69, 9.17) is 17.2 Å². The van der Waals surface area contributed by atoms with Crippen molar-refractivity contribution < 1.29 is 13.2 Å². The molecule has 4 aromatic carbocycles. The molecule has 0 radical (unpaired) electrons. The second kappa shape index (κ2) is 11.5. The van der Waals surface area contributed by atoms with Crippen molar-refractivity contribution in [2.24, 2.45) is 16.9 Å². The normalized spacial score (nSPS) is 11.2. The van der Waals surface area contributed by atoms with Crippen LogP contribution in [0.25, 0.3) is 17.2 Å².